The lowest BCUT2D eigenvalue weighted by molar-refractivity contribution is 0.488. The van der Waals surface area contributed by atoms with Gasteiger partial charge in [0, 0.05) is 11.4 Å². The van der Waals surface area contributed by atoms with Crippen LogP contribution in [-0.4, -0.2) is 18.0 Å². The highest BCUT2D eigenvalue weighted by atomic mass is 32.2. The van der Waals surface area contributed by atoms with Crippen molar-refractivity contribution in [2.24, 2.45) is 0 Å². The first-order valence-corrected chi connectivity index (χ1v) is 10.5. The summed E-state index contributed by atoms with van der Waals surface area (Å²) in [5.41, 5.74) is 4.85. The zero-order valence-corrected chi connectivity index (χ0v) is 17.3. The topological polar surface area (TPSA) is 115 Å². The minimum atomic E-state index is -4.16. The Morgan fingerprint density at radius 2 is 1.69 bits per heavy atom. The summed E-state index contributed by atoms with van der Waals surface area (Å²) in [7, 11) is -4.16. The van der Waals surface area contributed by atoms with E-state index in [2.05, 4.69) is 21.7 Å². The number of hydrogen-bond donors (Lipinski definition) is 3. The van der Waals surface area contributed by atoms with Crippen molar-refractivity contribution in [3.05, 3.63) is 69.3 Å². The standard InChI is InChI=1S/C21H22N4O3S/c1-13-4-6-16(7-5-13)24-21-19(12-22)14(2)15(3)20(25-21)23-17-8-10-18(11-9-17)29(26,27)28/h4-8,10H,9,11H2,1-3H3,(H2,23,24,25)(H,26,27,28). The van der Waals surface area contributed by atoms with E-state index in [1.165, 1.54) is 6.08 Å². The number of nitrogens with one attached hydrogen (secondary N) is 2. The molecule has 0 saturated carbocycles. The Balaban J connectivity index is 1.95. The van der Waals surface area contributed by atoms with Crippen LogP contribution in [0.5, 0.6) is 0 Å². The van der Waals surface area contributed by atoms with Crippen molar-refractivity contribution in [3.8, 4) is 6.07 Å². The maximum Gasteiger partial charge on any atom is 0.290 e. The van der Waals surface area contributed by atoms with E-state index in [0.717, 1.165) is 28.1 Å². The molecule has 1 aromatic heterocycles. The molecule has 0 bridgehead atoms. The summed E-state index contributed by atoms with van der Waals surface area (Å²) in [6, 6.07) is 10.0. The summed E-state index contributed by atoms with van der Waals surface area (Å²) < 4.78 is 31.6. The van der Waals surface area contributed by atoms with Crippen molar-refractivity contribution < 1.29 is 13.0 Å². The van der Waals surface area contributed by atoms with Crippen LogP contribution in [0.15, 0.2) is 47.0 Å². The van der Waals surface area contributed by atoms with Crippen LogP contribution in [-0.2, 0) is 10.1 Å². The molecule has 0 fully saturated rings. The first kappa shape index (κ1) is 20.6. The number of anilines is 3. The first-order chi connectivity index (χ1) is 13.7. The van der Waals surface area contributed by atoms with Gasteiger partial charge in [0.25, 0.3) is 10.1 Å². The number of hydrogen-bond acceptors (Lipinski definition) is 6. The molecule has 0 radical (unpaired) electrons. The Kier molecular flexibility index (Phi) is 5.73. The average molecular weight is 410 g/mol. The molecule has 3 rings (SSSR count). The molecule has 29 heavy (non-hydrogen) atoms. The fourth-order valence-corrected chi connectivity index (χ4v) is 3.61. The lowest BCUT2D eigenvalue weighted by Gasteiger charge is -2.19. The van der Waals surface area contributed by atoms with Crippen LogP contribution >= 0.6 is 0 Å². The van der Waals surface area contributed by atoms with Gasteiger partial charge in [-0.05, 0) is 69.0 Å². The Labute approximate surface area is 170 Å². The molecule has 2 aromatic rings. The highest BCUT2D eigenvalue weighted by Crippen LogP contribution is 2.30. The molecule has 0 atom stereocenters. The van der Waals surface area contributed by atoms with Crippen LogP contribution in [0.3, 0.4) is 0 Å². The largest absolute Gasteiger partial charge is 0.343 e. The van der Waals surface area contributed by atoms with Gasteiger partial charge in [0.1, 0.15) is 11.9 Å². The first-order valence-electron chi connectivity index (χ1n) is 9.08. The second-order valence-electron chi connectivity index (χ2n) is 6.96. The minimum Gasteiger partial charge on any atom is -0.343 e. The SMILES string of the molecule is Cc1ccc(Nc2nc(NC3=CC=C(S(=O)(=O)O)CC3)c(C)c(C)c2C#N)cc1. The summed E-state index contributed by atoms with van der Waals surface area (Å²) in [6.07, 6.45) is 3.64. The summed E-state index contributed by atoms with van der Waals surface area (Å²) >= 11 is 0. The van der Waals surface area contributed by atoms with E-state index in [0.29, 0.717) is 23.6 Å². The summed E-state index contributed by atoms with van der Waals surface area (Å²) in [4.78, 5) is 4.60. The van der Waals surface area contributed by atoms with Crippen LogP contribution in [0.1, 0.15) is 35.1 Å². The van der Waals surface area contributed by atoms with Gasteiger partial charge in [-0.25, -0.2) is 4.98 Å². The van der Waals surface area contributed by atoms with Crippen molar-refractivity contribution in [1.82, 2.24) is 4.98 Å². The maximum atomic E-state index is 11.2. The predicted octanol–water partition coefficient (Wildman–Crippen LogP) is 4.48. The maximum absolute atomic E-state index is 11.2. The molecule has 150 valence electrons. The molecular formula is C21H22N4O3S. The molecule has 1 aliphatic carbocycles. The van der Waals surface area contributed by atoms with Crippen molar-refractivity contribution in [1.29, 1.82) is 5.26 Å². The Bertz CT molecular complexity index is 1160. The summed E-state index contributed by atoms with van der Waals surface area (Å²) in [6.45, 7) is 5.75. The second-order valence-corrected chi connectivity index (χ2v) is 8.44. The van der Waals surface area contributed by atoms with Crippen molar-refractivity contribution in [3.63, 3.8) is 0 Å². The molecule has 0 aliphatic heterocycles. The molecule has 1 heterocycles. The fraction of sp³-hybridized carbons (Fsp3) is 0.238. The molecule has 0 unspecified atom stereocenters. The van der Waals surface area contributed by atoms with Gasteiger partial charge in [-0.3, -0.25) is 4.55 Å². The third kappa shape index (κ3) is 4.65. The number of aryl methyl sites for hydroxylation is 1. The predicted molar refractivity (Wildman–Crippen MR) is 113 cm³/mol. The van der Waals surface area contributed by atoms with Gasteiger partial charge < -0.3 is 10.6 Å². The van der Waals surface area contributed by atoms with Crippen LogP contribution in [0, 0.1) is 32.1 Å². The van der Waals surface area contributed by atoms with Crippen LogP contribution in [0.4, 0.5) is 17.3 Å². The van der Waals surface area contributed by atoms with Gasteiger partial charge >= 0.3 is 0 Å². The average Bonchev–Trinajstić information content (AvgIpc) is 2.67. The molecule has 1 aliphatic rings. The molecule has 3 N–H and O–H groups in total. The van der Waals surface area contributed by atoms with E-state index in [1.807, 2.05) is 45.0 Å². The van der Waals surface area contributed by atoms with E-state index in [1.54, 1.807) is 6.08 Å². The van der Waals surface area contributed by atoms with Gasteiger partial charge in [0.05, 0.1) is 10.5 Å². The van der Waals surface area contributed by atoms with E-state index in [4.69, 9.17) is 4.55 Å². The third-order valence-corrected chi connectivity index (χ3v) is 5.90. The lowest BCUT2D eigenvalue weighted by atomic mass is 10.0. The van der Waals surface area contributed by atoms with Crippen LogP contribution < -0.4 is 10.6 Å². The fourth-order valence-electron chi connectivity index (χ4n) is 3.01. The molecule has 0 spiro atoms. The normalized spacial score (nSPS) is 13.9. The Hall–Kier alpha value is -3.15. The third-order valence-electron chi connectivity index (χ3n) is 4.90. The van der Waals surface area contributed by atoms with Gasteiger partial charge in [0.2, 0.25) is 0 Å². The van der Waals surface area contributed by atoms with Crippen molar-refractivity contribution in [2.45, 2.75) is 33.6 Å². The lowest BCUT2D eigenvalue weighted by Crippen LogP contribution is -2.12. The van der Waals surface area contributed by atoms with E-state index in [9.17, 15) is 13.7 Å². The van der Waals surface area contributed by atoms with E-state index < -0.39 is 10.1 Å². The van der Waals surface area contributed by atoms with Gasteiger partial charge in [-0.2, -0.15) is 13.7 Å². The summed E-state index contributed by atoms with van der Waals surface area (Å²) in [5, 5.41) is 16.0. The van der Waals surface area contributed by atoms with Gasteiger partial charge in [-0.1, -0.05) is 17.7 Å². The van der Waals surface area contributed by atoms with Crippen molar-refractivity contribution in [2.75, 3.05) is 10.6 Å². The number of aromatic nitrogens is 1. The Morgan fingerprint density at radius 1 is 1.00 bits per heavy atom. The van der Waals surface area contributed by atoms with Crippen molar-refractivity contribution >= 4 is 27.4 Å². The molecular weight excluding hydrogens is 388 g/mol. The number of benzene rings is 1. The molecule has 8 heteroatoms. The van der Waals surface area contributed by atoms with Crippen LogP contribution in [0.25, 0.3) is 0 Å². The minimum absolute atomic E-state index is 0.00883. The highest BCUT2D eigenvalue weighted by Gasteiger charge is 2.19. The molecule has 0 amide bonds. The zero-order chi connectivity index (χ0) is 21.2. The van der Waals surface area contributed by atoms with E-state index in [-0.39, 0.29) is 11.3 Å². The smallest absolute Gasteiger partial charge is 0.290 e. The molecule has 1 aromatic carbocycles. The van der Waals surface area contributed by atoms with Gasteiger partial charge in [-0.15, -0.1) is 0 Å². The Morgan fingerprint density at radius 3 is 2.24 bits per heavy atom. The number of nitrogens with zero attached hydrogens (tertiary/aromatic N) is 2. The summed E-state index contributed by atoms with van der Waals surface area (Å²) in [5.74, 6) is 1.04. The quantitative estimate of drug-likeness (QED) is 0.622. The molecule has 0 saturated heterocycles. The number of allylic oxidation sites excluding steroid dienone is 4. The number of nitriles is 1. The van der Waals surface area contributed by atoms with Crippen LogP contribution in [0.2, 0.25) is 0 Å². The molecule has 7 nitrogen and oxygen atoms in total. The number of rotatable bonds is 5. The van der Waals surface area contributed by atoms with E-state index >= 15 is 0 Å². The second kappa shape index (κ2) is 8.07. The number of pyridine rings is 1. The monoisotopic (exact) mass is 410 g/mol. The zero-order valence-electron chi connectivity index (χ0n) is 16.4. The van der Waals surface area contributed by atoms with Gasteiger partial charge in [0.15, 0.2) is 5.82 Å². The highest BCUT2D eigenvalue weighted by molar-refractivity contribution is 7.89.